The van der Waals surface area contributed by atoms with Crippen LogP contribution in [0.4, 0.5) is 5.69 Å². The lowest BCUT2D eigenvalue weighted by Gasteiger charge is -2.10. The molecule has 7 heteroatoms. The van der Waals surface area contributed by atoms with Crippen LogP contribution in [0.1, 0.15) is 10.4 Å². The molecule has 7 nitrogen and oxygen atoms in total. The van der Waals surface area contributed by atoms with E-state index in [0.29, 0.717) is 17.2 Å². The number of pyridine rings is 1. The van der Waals surface area contributed by atoms with E-state index in [4.69, 9.17) is 14.2 Å². The number of hydrogen-bond donors (Lipinski definition) is 1. The molecule has 1 aromatic carbocycles. The quantitative estimate of drug-likeness (QED) is 0.819. The van der Waals surface area contributed by atoms with Crippen LogP contribution in [0.3, 0.4) is 0 Å². The van der Waals surface area contributed by atoms with Crippen LogP contribution in [0.2, 0.25) is 0 Å². The molecule has 0 bridgehead atoms. The molecule has 2 aromatic rings. The van der Waals surface area contributed by atoms with Crippen LogP contribution in [0, 0.1) is 0 Å². The van der Waals surface area contributed by atoms with Gasteiger partial charge in [-0.2, -0.15) is 0 Å². The van der Waals surface area contributed by atoms with Crippen LogP contribution < -0.4 is 14.8 Å². The van der Waals surface area contributed by atoms with E-state index in [1.807, 2.05) is 0 Å². The number of anilines is 1. The van der Waals surface area contributed by atoms with Gasteiger partial charge in [0.25, 0.3) is 5.91 Å². The van der Waals surface area contributed by atoms with Gasteiger partial charge in [0.1, 0.15) is 0 Å². The first kappa shape index (κ1) is 16.3. The molecule has 120 valence electrons. The number of hydrogen-bond acceptors (Lipinski definition) is 6. The summed E-state index contributed by atoms with van der Waals surface area (Å²) < 4.78 is 15.2. The predicted molar refractivity (Wildman–Crippen MR) is 82.7 cm³/mol. The zero-order chi connectivity index (χ0) is 16.7. The van der Waals surface area contributed by atoms with Crippen molar-refractivity contribution in [3.05, 3.63) is 48.3 Å². The minimum Gasteiger partial charge on any atom is -0.493 e. The molecule has 2 rings (SSSR count). The number of rotatable bonds is 6. The molecule has 0 saturated carbocycles. The number of nitrogens with one attached hydrogen (secondary N) is 1. The molecule has 0 saturated heterocycles. The van der Waals surface area contributed by atoms with Gasteiger partial charge in [0.2, 0.25) is 0 Å². The smallest absolute Gasteiger partial charge is 0.340 e. The Labute approximate surface area is 133 Å². The molecule has 0 spiro atoms. The molecule has 0 aliphatic carbocycles. The molecular weight excluding hydrogens is 300 g/mol. The molecule has 1 heterocycles. The van der Waals surface area contributed by atoms with E-state index in [-0.39, 0.29) is 5.56 Å². The molecule has 0 unspecified atom stereocenters. The van der Waals surface area contributed by atoms with Gasteiger partial charge in [0, 0.05) is 24.1 Å². The Morgan fingerprint density at radius 1 is 1.13 bits per heavy atom. The lowest BCUT2D eigenvalue weighted by Crippen LogP contribution is -2.21. The van der Waals surface area contributed by atoms with Crippen molar-refractivity contribution < 1.29 is 23.8 Å². The molecule has 1 amide bonds. The zero-order valence-electron chi connectivity index (χ0n) is 12.7. The number of carbonyl (C=O) groups excluding carboxylic acids is 2. The van der Waals surface area contributed by atoms with Crippen LogP contribution in [-0.4, -0.2) is 37.7 Å². The van der Waals surface area contributed by atoms with Gasteiger partial charge in [-0.05, 0) is 24.3 Å². The standard InChI is InChI=1S/C16H16N2O5/c1-21-13-6-5-12(8-14(13)22-2)18-15(19)10-23-16(20)11-4-3-7-17-9-11/h3-9H,10H2,1-2H3,(H,18,19). The van der Waals surface area contributed by atoms with Gasteiger partial charge in [-0.15, -0.1) is 0 Å². The SMILES string of the molecule is COc1ccc(NC(=O)COC(=O)c2cccnc2)cc1OC. The summed E-state index contributed by atoms with van der Waals surface area (Å²) in [5.41, 5.74) is 0.788. The first-order valence-corrected chi connectivity index (χ1v) is 6.73. The van der Waals surface area contributed by atoms with Gasteiger partial charge in [-0.1, -0.05) is 0 Å². The maximum Gasteiger partial charge on any atom is 0.340 e. The fourth-order valence-corrected chi connectivity index (χ4v) is 1.81. The first-order chi connectivity index (χ1) is 11.1. The third-order valence-corrected chi connectivity index (χ3v) is 2.90. The van der Waals surface area contributed by atoms with E-state index >= 15 is 0 Å². The van der Waals surface area contributed by atoms with Crippen molar-refractivity contribution in [1.29, 1.82) is 0 Å². The number of nitrogens with zero attached hydrogens (tertiary/aromatic N) is 1. The topological polar surface area (TPSA) is 86.8 Å². The highest BCUT2D eigenvalue weighted by atomic mass is 16.5. The zero-order valence-corrected chi connectivity index (χ0v) is 12.7. The highest BCUT2D eigenvalue weighted by molar-refractivity contribution is 5.95. The van der Waals surface area contributed by atoms with E-state index in [9.17, 15) is 9.59 Å². The van der Waals surface area contributed by atoms with Gasteiger partial charge in [-0.25, -0.2) is 4.79 Å². The number of amides is 1. The summed E-state index contributed by atoms with van der Waals surface area (Å²) in [7, 11) is 3.02. The summed E-state index contributed by atoms with van der Waals surface area (Å²) in [5, 5.41) is 2.61. The Morgan fingerprint density at radius 2 is 1.91 bits per heavy atom. The van der Waals surface area contributed by atoms with Crippen molar-refractivity contribution in [2.75, 3.05) is 26.1 Å². The van der Waals surface area contributed by atoms with Crippen molar-refractivity contribution in [1.82, 2.24) is 4.98 Å². The number of ether oxygens (including phenoxy) is 3. The van der Waals surface area contributed by atoms with Crippen LogP contribution in [0.15, 0.2) is 42.7 Å². The number of benzene rings is 1. The lowest BCUT2D eigenvalue weighted by atomic mass is 10.2. The van der Waals surface area contributed by atoms with Crippen molar-refractivity contribution in [2.45, 2.75) is 0 Å². The minimum atomic E-state index is -0.611. The summed E-state index contributed by atoms with van der Waals surface area (Å²) in [5.74, 6) is -0.0406. The average Bonchev–Trinajstić information content (AvgIpc) is 2.60. The van der Waals surface area contributed by atoms with Crippen LogP contribution in [0.25, 0.3) is 0 Å². The molecule has 0 atom stereocenters. The van der Waals surface area contributed by atoms with Gasteiger partial charge in [0.15, 0.2) is 18.1 Å². The van der Waals surface area contributed by atoms with E-state index in [0.717, 1.165) is 0 Å². The summed E-state index contributed by atoms with van der Waals surface area (Å²) in [6.45, 7) is -0.401. The predicted octanol–water partition coefficient (Wildman–Crippen LogP) is 1.89. The van der Waals surface area contributed by atoms with Crippen molar-refractivity contribution in [3.63, 3.8) is 0 Å². The molecule has 1 N–H and O–H groups in total. The lowest BCUT2D eigenvalue weighted by molar-refractivity contribution is -0.119. The molecule has 1 aromatic heterocycles. The van der Waals surface area contributed by atoms with E-state index in [1.165, 1.54) is 20.4 Å². The van der Waals surface area contributed by atoms with Gasteiger partial charge in [-0.3, -0.25) is 9.78 Å². The van der Waals surface area contributed by atoms with Crippen LogP contribution >= 0.6 is 0 Å². The average molecular weight is 316 g/mol. The Morgan fingerprint density at radius 3 is 2.57 bits per heavy atom. The van der Waals surface area contributed by atoms with Crippen molar-refractivity contribution >= 4 is 17.6 Å². The Bertz CT molecular complexity index is 688. The maximum atomic E-state index is 11.8. The third-order valence-electron chi connectivity index (χ3n) is 2.90. The second-order valence-electron chi connectivity index (χ2n) is 4.44. The third kappa shape index (κ3) is 4.44. The monoisotopic (exact) mass is 316 g/mol. The van der Waals surface area contributed by atoms with E-state index in [2.05, 4.69) is 10.3 Å². The largest absolute Gasteiger partial charge is 0.493 e. The van der Waals surface area contributed by atoms with E-state index in [1.54, 1.807) is 36.5 Å². The van der Waals surface area contributed by atoms with Crippen LogP contribution in [0.5, 0.6) is 11.5 Å². The van der Waals surface area contributed by atoms with Crippen molar-refractivity contribution in [3.8, 4) is 11.5 Å². The number of esters is 1. The number of carbonyl (C=O) groups is 2. The molecule has 0 radical (unpaired) electrons. The maximum absolute atomic E-state index is 11.8. The summed E-state index contributed by atoms with van der Waals surface area (Å²) >= 11 is 0. The Balaban J connectivity index is 1.91. The minimum absolute atomic E-state index is 0.284. The summed E-state index contributed by atoms with van der Waals surface area (Å²) in [6, 6.07) is 8.10. The normalized spacial score (nSPS) is 9.83. The number of methoxy groups -OCH3 is 2. The highest BCUT2D eigenvalue weighted by Crippen LogP contribution is 2.29. The second kappa shape index (κ2) is 7.79. The molecule has 0 aliphatic heterocycles. The highest BCUT2D eigenvalue weighted by Gasteiger charge is 2.11. The second-order valence-corrected chi connectivity index (χ2v) is 4.44. The van der Waals surface area contributed by atoms with E-state index < -0.39 is 18.5 Å². The molecular formula is C16H16N2O5. The van der Waals surface area contributed by atoms with Gasteiger partial charge < -0.3 is 19.5 Å². The fraction of sp³-hybridized carbons (Fsp3) is 0.188. The molecule has 0 aliphatic rings. The Hall–Kier alpha value is -3.09. The van der Waals surface area contributed by atoms with Crippen molar-refractivity contribution in [2.24, 2.45) is 0 Å². The Kier molecular flexibility index (Phi) is 5.51. The number of aromatic nitrogens is 1. The molecule has 0 fully saturated rings. The van der Waals surface area contributed by atoms with Crippen LogP contribution in [-0.2, 0) is 9.53 Å². The molecule has 23 heavy (non-hydrogen) atoms. The van der Waals surface area contributed by atoms with Gasteiger partial charge >= 0.3 is 5.97 Å². The first-order valence-electron chi connectivity index (χ1n) is 6.73. The summed E-state index contributed by atoms with van der Waals surface area (Å²) in [4.78, 5) is 27.3. The fourth-order valence-electron chi connectivity index (χ4n) is 1.81. The summed E-state index contributed by atoms with van der Waals surface area (Å²) in [6.07, 6.45) is 2.91. The van der Waals surface area contributed by atoms with Gasteiger partial charge in [0.05, 0.1) is 19.8 Å².